The van der Waals surface area contributed by atoms with Crippen LogP contribution in [0.1, 0.15) is 43.2 Å². The van der Waals surface area contributed by atoms with Crippen LogP contribution in [-0.4, -0.2) is 17.7 Å². The number of benzene rings is 2. The van der Waals surface area contributed by atoms with Crippen molar-refractivity contribution in [1.29, 1.82) is 0 Å². The second kappa shape index (κ2) is 9.60. The third kappa shape index (κ3) is 6.32. The molecule has 0 unspecified atom stereocenters. The number of hydrogen-bond acceptors (Lipinski definition) is 3. The zero-order chi connectivity index (χ0) is 17.2. The second-order valence-electron chi connectivity index (χ2n) is 5.94. The highest BCUT2D eigenvalue weighted by Gasteiger charge is 2.03. The highest BCUT2D eigenvalue weighted by Crippen LogP contribution is 2.24. The SMILES string of the molecule is Nc1cc(Cc2ccccc2)ccc1OCCCCCCC(=O)O. The van der Waals surface area contributed by atoms with Crippen molar-refractivity contribution in [1.82, 2.24) is 0 Å². The zero-order valence-electron chi connectivity index (χ0n) is 13.9. The fourth-order valence-electron chi connectivity index (χ4n) is 2.58. The van der Waals surface area contributed by atoms with Crippen LogP contribution in [0.2, 0.25) is 0 Å². The predicted molar refractivity (Wildman–Crippen MR) is 96.3 cm³/mol. The number of carbonyl (C=O) groups is 1. The van der Waals surface area contributed by atoms with Gasteiger partial charge in [0.15, 0.2) is 0 Å². The zero-order valence-corrected chi connectivity index (χ0v) is 13.9. The molecule has 0 bridgehead atoms. The highest BCUT2D eigenvalue weighted by atomic mass is 16.5. The van der Waals surface area contributed by atoms with Gasteiger partial charge in [-0.25, -0.2) is 0 Å². The first-order chi connectivity index (χ1) is 11.6. The summed E-state index contributed by atoms with van der Waals surface area (Å²) in [6, 6.07) is 16.2. The summed E-state index contributed by atoms with van der Waals surface area (Å²) >= 11 is 0. The standard InChI is InChI=1S/C20H25NO3/c21-18-15-17(14-16-8-4-3-5-9-16)11-12-19(18)24-13-7-2-1-6-10-20(22)23/h3-5,8-9,11-12,15H,1-2,6-7,10,13-14,21H2,(H,22,23). The Morgan fingerprint density at radius 2 is 1.71 bits per heavy atom. The molecule has 2 aromatic carbocycles. The van der Waals surface area contributed by atoms with E-state index in [1.54, 1.807) is 0 Å². The van der Waals surface area contributed by atoms with E-state index in [2.05, 4.69) is 12.1 Å². The molecule has 0 radical (unpaired) electrons. The van der Waals surface area contributed by atoms with Gasteiger partial charge in [-0.15, -0.1) is 0 Å². The first-order valence-corrected chi connectivity index (χ1v) is 8.42. The molecule has 0 spiro atoms. The Hall–Kier alpha value is -2.49. The second-order valence-corrected chi connectivity index (χ2v) is 5.94. The van der Waals surface area contributed by atoms with Crippen LogP contribution in [0.5, 0.6) is 5.75 Å². The molecule has 2 aromatic rings. The molecule has 0 saturated heterocycles. The molecule has 24 heavy (non-hydrogen) atoms. The van der Waals surface area contributed by atoms with Gasteiger partial charge in [-0.1, -0.05) is 49.2 Å². The van der Waals surface area contributed by atoms with Crippen LogP contribution in [0.25, 0.3) is 0 Å². The number of carboxylic acid groups (broad SMARTS) is 1. The Morgan fingerprint density at radius 3 is 2.42 bits per heavy atom. The van der Waals surface area contributed by atoms with Crippen molar-refractivity contribution in [3.63, 3.8) is 0 Å². The molecule has 0 aliphatic carbocycles. The molecule has 0 heterocycles. The summed E-state index contributed by atoms with van der Waals surface area (Å²) in [6.45, 7) is 0.606. The monoisotopic (exact) mass is 327 g/mol. The Kier molecular flexibility index (Phi) is 7.15. The van der Waals surface area contributed by atoms with Gasteiger partial charge in [-0.05, 0) is 42.5 Å². The summed E-state index contributed by atoms with van der Waals surface area (Å²) in [5, 5.41) is 8.57. The van der Waals surface area contributed by atoms with Crippen molar-refractivity contribution in [2.75, 3.05) is 12.3 Å². The molecule has 4 heteroatoms. The van der Waals surface area contributed by atoms with Gasteiger partial charge in [0.05, 0.1) is 12.3 Å². The Bertz CT molecular complexity index is 641. The van der Waals surface area contributed by atoms with Crippen molar-refractivity contribution in [3.05, 3.63) is 59.7 Å². The van der Waals surface area contributed by atoms with Gasteiger partial charge in [-0.2, -0.15) is 0 Å². The van der Waals surface area contributed by atoms with Crippen molar-refractivity contribution >= 4 is 11.7 Å². The van der Waals surface area contributed by atoms with Gasteiger partial charge in [0.1, 0.15) is 5.75 Å². The molecule has 0 amide bonds. The lowest BCUT2D eigenvalue weighted by Gasteiger charge is -2.10. The van der Waals surface area contributed by atoms with Gasteiger partial charge >= 0.3 is 5.97 Å². The number of unbranched alkanes of at least 4 members (excludes halogenated alkanes) is 3. The van der Waals surface area contributed by atoms with E-state index < -0.39 is 5.97 Å². The molecule has 4 nitrogen and oxygen atoms in total. The average molecular weight is 327 g/mol. The molecule has 2 rings (SSSR count). The van der Waals surface area contributed by atoms with E-state index in [-0.39, 0.29) is 6.42 Å². The van der Waals surface area contributed by atoms with E-state index in [0.717, 1.165) is 37.9 Å². The van der Waals surface area contributed by atoms with E-state index in [1.165, 1.54) is 11.1 Å². The van der Waals surface area contributed by atoms with E-state index in [0.29, 0.717) is 12.3 Å². The van der Waals surface area contributed by atoms with Gasteiger partial charge < -0.3 is 15.6 Å². The third-order valence-electron chi connectivity index (χ3n) is 3.87. The lowest BCUT2D eigenvalue weighted by Crippen LogP contribution is -2.01. The average Bonchev–Trinajstić information content (AvgIpc) is 2.56. The van der Waals surface area contributed by atoms with Crippen LogP contribution < -0.4 is 10.5 Å². The minimum atomic E-state index is -0.727. The topological polar surface area (TPSA) is 72.5 Å². The number of aliphatic carboxylic acids is 1. The van der Waals surface area contributed by atoms with Crippen LogP contribution in [0.3, 0.4) is 0 Å². The smallest absolute Gasteiger partial charge is 0.303 e. The first kappa shape index (κ1) is 17.9. The van der Waals surface area contributed by atoms with Crippen LogP contribution in [0.4, 0.5) is 5.69 Å². The number of ether oxygens (including phenoxy) is 1. The molecule has 3 N–H and O–H groups in total. The largest absolute Gasteiger partial charge is 0.491 e. The number of carboxylic acids is 1. The summed E-state index contributed by atoms with van der Waals surface area (Å²) < 4.78 is 5.73. The number of rotatable bonds is 10. The fraction of sp³-hybridized carbons (Fsp3) is 0.350. The molecule has 0 aliphatic rings. The fourth-order valence-corrected chi connectivity index (χ4v) is 2.58. The van der Waals surface area contributed by atoms with Crippen molar-refractivity contribution in [2.45, 2.75) is 38.5 Å². The van der Waals surface area contributed by atoms with Crippen molar-refractivity contribution in [3.8, 4) is 5.75 Å². The molecule has 0 fully saturated rings. The van der Waals surface area contributed by atoms with Gasteiger partial charge in [0.25, 0.3) is 0 Å². The Morgan fingerprint density at radius 1 is 0.958 bits per heavy atom. The maximum absolute atomic E-state index is 10.4. The van der Waals surface area contributed by atoms with E-state index in [9.17, 15) is 4.79 Å². The number of nitrogens with two attached hydrogens (primary N) is 1. The van der Waals surface area contributed by atoms with Gasteiger partial charge in [0, 0.05) is 6.42 Å². The van der Waals surface area contributed by atoms with Gasteiger partial charge in [-0.3, -0.25) is 4.79 Å². The molecular formula is C20H25NO3. The van der Waals surface area contributed by atoms with E-state index in [1.807, 2.05) is 36.4 Å². The summed E-state index contributed by atoms with van der Waals surface area (Å²) in [7, 11) is 0. The molecule has 0 saturated carbocycles. The van der Waals surface area contributed by atoms with Crippen molar-refractivity contribution in [2.24, 2.45) is 0 Å². The summed E-state index contributed by atoms with van der Waals surface area (Å²) in [5.74, 6) is -0.00744. The van der Waals surface area contributed by atoms with Crippen LogP contribution in [-0.2, 0) is 11.2 Å². The lowest BCUT2D eigenvalue weighted by atomic mass is 10.0. The van der Waals surface area contributed by atoms with E-state index in [4.69, 9.17) is 15.6 Å². The molecular weight excluding hydrogens is 302 g/mol. The summed E-state index contributed by atoms with van der Waals surface area (Å²) in [6.07, 6.45) is 4.63. The van der Waals surface area contributed by atoms with Crippen LogP contribution >= 0.6 is 0 Å². The summed E-state index contributed by atoms with van der Waals surface area (Å²) in [5.41, 5.74) is 9.16. The third-order valence-corrected chi connectivity index (χ3v) is 3.87. The molecule has 0 aromatic heterocycles. The maximum atomic E-state index is 10.4. The predicted octanol–water partition coefficient (Wildman–Crippen LogP) is 4.27. The maximum Gasteiger partial charge on any atom is 0.303 e. The number of nitrogen functional groups attached to an aromatic ring is 1. The molecule has 128 valence electrons. The molecule has 0 aliphatic heterocycles. The Labute approximate surface area is 143 Å². The lowest BCUT2D eigenvalue weighted by molar-refractivity contribution is -0.137. The van der Waals surface area contributed by atoms with Crippen LogP contribution in [0, 0.1) is 0 Å². The number of hydrogen-bond donors (Lipinski definition) is 2. The van der Waals surface area contributed by atoms with Crippen LogP contribution in [0.15, 0.2) is 48.5 Å². The minimum absolute atomic E-state index is 0.247. The quantitative estimate of drug-likeness (QED) is 0.505. The summed E-state index contributed by atoms with van der Waals surface area (Å²) in [4.78, 5) is 10.4. The highest BCUT2D eigenvalue weighted by molar-refractivity contribution is 5.66. The first-order valence-electron chi connectivity index (χ1n) is 8.42. The Balaban J connectivity index is 1.73. The normalized spacial score (nSPS) is 10.5. The number of anilines is 1. The van der Waals surface area contributed by atoms with Crippen molar-refractivity contribution < 1.29 is 14.6 Å². The molecule has 0 atom stereocenters. The minimum Gasteiger partial charge on any atom is -0.491 e. The van der Waals surface area contributed by atoms with E-state index >= 15 is 0 Å². The van der Waals surface area contributed by atoms with Gasteiger partial charge in [0.2, 0.25) is 0 Å².